The number of nitrogens with two attached hydrogens (primary N) is 1. The minimum Gasteiger partial charge on any atom is -0.391 e. The summed E-state index contributed by atoms with van der Waals surface area (Å²) in [4.78, 5) is 14.9. The predicted molar refractivity (Wildman–Crippen MR) is 34.8 cm³/mol. The maximum atomic E-state index is 10.7. The average molecular weight is 148 g/mol. The first kappa shape index (κ1) is 9.35. The number of aliphatic hydroxyl groups is 1. The van der Waals surface area contributed by atoms with Crippen molar-refractivity contribution in [3.05, 3.63) is 0 Å². The van der Waals surface area contributed by atoms with Gasteiger partial charge in [-0.1, -0.05) is 0 Å². The first-order valence-electron chi connectivity index (χ1n) is 2.86. The summed E-state index contributed by atoms with van der Waals surface area (Å²) < 4.78 is 0. The summed E-state index contributed by atoms with van der Waals surface area (Å²) in [6, 6.07) is -0.931. The van der Waals surface area contributed by atoms with Crippen LogP contribution >= 0.6 is 0 Å². The highest BCUT2D eigenvalue weighted by Gasteiger charge is 2.17. The molecular formula is C5H12N2O3. The van der Waals surface area contributed by atoms with Gasteiger partial charge in [0.1, 0.15) is 6.04 Å². The Hall–Kier alpha value is -0.650. The molecule has 5 nitrogen and oxygen atoms in total. The van der Waals surface area contributed by atoms with Crippen LogP contribution in [0.25, 0.3) is 0 Å². The Balaban J connectivity index is 3.71. The average Bonchev–Trinajstić information content (AvgIpc) is 1.87. The lowest BCUT2D eigenvalue weighted by molar-refractivity contribution is -0.134. The van der Waals surface area contributed by atoms with Crippen LogP contribution in [0.1, 0.15) is 6.92 Å². The van der Waals surface area contributed by atoms with Crippen molar-refractivity contribution in [2.75, 3.05) is 7.11 Å². The number of carbonyl (C=O) groups excluding carboxylic acids is 1. The third-order valence-electron chi connectivity index (χ3n) is 1.03. The summed E-state index contributed by atoms with van der Waals surface area (Å²) in [6.45, 7) is 1.43. The lowest BCUT2D eigenvalue weighted by Crippen LogP contribution is -2.46. The van der Waals surface area contributed by atoms with E-state index >= 15 is 0 Å². The van der Waals surface area contributed by atoms with E-state index < -0.39 is 18.1 Å². The fraction of sp³-hybridized carbons (Fsp3) is 0.800. The molecule has 0 fully saturated rings. The number of amides is 1. The van der Waals surface area contributed by atoms with Crippen molar-refractivity contribution in [2.24, 2.45) is 5.73 Å². The van der Waals surface area contributed by atoms with Gasteiger partial charge in [-0.15, -0.1) is 0 Å². The van der Waals surface area contributed by atoms with Crippen LogP contribution in [-0.4, -0.2) is 30.3 Å². The Morgan fingerprint density at radius 3 is 2.60 bits per heavy atom. The smallest absolute Gasteiger partial charge is 0.263 e. The number of carbonyl (C=O) groups is 1. The number of hydroxylamine groups is 1. The highest BCUT2D eigenvalue weighted by molar-refractivity contribution is 5.81. The van der Waals surface area contributed by atoms with E-state index in [0.29, 0.717) is 0 Å². The monoisotopic (exact) mass is 148 g/mol. The van der Waals surface area contributed by atoms with Crippen molar-refractivity contribution in [3.8, 4) is 0 Å². The molecule has 0 unspecified atom stereocenters. The van der Waals surface area contributed by atoms with Crippen LogP contribution in [0.15, 0.2) is 0 Å². The van der Waals surface area contributed by atoms with E-state index in [-0.39, 0.29) is 0 Å². The summed E-state index contributed by atoms with van der Waals surface area (Å²) in [5.74, 6) is -0.530. The van der Waals surface area contributed by atoms with E-state index in [1.807, 2.05) is 5.48 Å². The summed E-state index contributed by atoms with van der Waals surface area (Å²) in [6.07, 6.45) is -0.866. The van der Waals surface area contributed by atoms with Gasteiger partial charge in [0.25, 0.3) is 5.91 Å². The van der Waals surface area contributed by atoms with Gasteiger partial charge in [0.2, 0.25) is 0 Å². The largest absolute Gasteiger partial charge is 0.391 e. The number of nitrogens with one attached hydrogen (secondary N) is 1. The number of hydrogen-bond donors (Lipinski definition) is 3. The van der Waals surface area contributed by atoms with E-state index in [2.05, 4.69) is 4.84 Å². The van der Waals surface area contributed by atoms with Gasteiger partial charge in [0.15, 0.2) is 0 Å². The molecule has 0 radical (unpaired) electrons. The van der Waals surface area contributed by atoms with Gasteiger partial charge in [-0.25, -0.2) is 5.48 Å². The number of rotatable bonds is 3. The van der Waals surface area contributed by atoms with Gasteiger partial charge in [-0.2, -0.15) is 0 Å². The summed E-state index contributed by atoms with van der Waals surface area (Å²) in [7, 11) is 1.30. The molecule has 0 aliphatic rings. The van der Waals surface area contributed by atoms with Gasteiger partial charge in [-0.05, 0) is 6.92 Å². The van der Waals surface area contributed by atoms with Gasteiger partial charge < -0.3 is 10.8 Å². The van der Waals surface area contributed by atoms with Crippen molar-refractivity contribution in [1.29, 1.82) is 0 Å². The Morgan fingerprint density at radius 1 is 1.80 bits per heavy atom. The molecule has 10 heavy (non-hydrogen) atoms. The zero-order chi connectivity index (χ0) is 8.15. The molecule has 0 bridgehead atoms. The quantitative estimate of drug-likeness (QED) is 0.420. The van der Waals surface area contributed by atoms with E-state index in [9.17, 15) is 4.79 Å². The Morgan fingerprint density at radius 2 is 2.30 bits per heavy atom. The molecule has 0 aromatic rings. The van der Waals surface area contributed by atoms with Crippen LogP contribution in [0.2, 0.25) is 0 Å². The Labute approximate surface area is 59.1 Å². The minimum absolute atomic E-state index is 0.530. The van der Waals surface area contributed by atoms with E-state index in [0.717, 1.165) is 0 Å². The third-order valence-corrected chi connectivity index (χ3v) is 1.03. The van der Waals surface area contributed by atoms with Crippen LogP contribution in [0, 0.1) is 0 Å². The summed E-state index contributed by atoms with van der Waals surface area (Å²) in [5, 5.41) is 8.78. The van der Waals surface area contributed by atoms with Gasteiger partial charge >= 0.3 is 0 Å². The lowest BCUT2D eigenvalue weighted by Gasteiger charge is -2.12. The van der Waals surface area contributed by atoms with Crippen molar-refractivity contribution in [2.45, 2.75) is 19.1 Å². The third kappa shape index (κ3) is 2.77. The second-order valence-electron chi connectivity index (χ2n) is 1.94. The van der Waals surface area contributed by atoms with Crippen molar-refractivity contribution in [3.63, 3.8) is 0 Å². The molecular weight excluding hydrogens is 136 g/mol. The molecule has 0 aliphatic heterocycles. The normalized spacial score (nSPS) is 16.0. The lowest BCUT2D eigenvalue weighted by atomic mass is 10.2. The highest BCUT2D eigenvalue weighted by atomic mass is 16.6. The van der Waals surface area contributed by atoms with Crippen LogP contribution in [0.5, 0.6) is 0 Å². The maximum Gasteiger partial charge on any atom is 0.263 e. The first-order chi connectivity index (χ1) is 4.59. The van der Waals surface area contributed by atoms with Crippen molar-refractivity contribution in [1.82, 2.24) is 5.48 Å². The molecule has 0 saturated carbocycles. The second-order valence-corrected chi connectivity index (χ2v) is 1.94. The van der Waals surface area contributed by atoms with Gasteiger partial charge in [0, 0.05) is 0 Å². The highest BCUT2D eigenvalue weighted by Crippen LogP contribution is 1.87. The molecule has 1 amide bonds. The standard InChI is InChI=1S/C5H12N2O3/c1-3(8)4(6)5(9)7-10-2/h3-4,8H,6H2,1-2H3,(H,7,9)/t3-,4-/m0/s1. The molecule has 4 N–H and O–H groups in total. The molecule has 2 atom stereocenters. The summed E-state index contributed by atoms with van der Waals surface area (Å²) >= 11 is 0. The fourth-order valence-electron chi connectivity index (χ4n) is 0.388. The Kier molecular flexibility index (Phi) is 3.94. The molecule has 0 aliphatic carbocycles. The van der Waals surface area contributed by atoms with Crippen molar-refractivity contribution < 1.29 is 14.7 Å². The van der Waals surface area contributed by atoms with Crippen LogP contribution in [0.4, 0.5) is 0 Å². The van der Waals surface area contributed by atoms with Gasteiger partial charge in [-0.3, -0.25) is 9.63 Å². The topological polar surface area (TPSA) is 84.6 Å². The van der Waals surface area contributed by atoms with Gasteiger partial charge in [0.05, 0.1) is 13.2 Å². The van der Waals surface area contributed by atoms with Crippen molar-refractivity contribution >= 4 is 5.91 Å². The first-order valence-corrected chi connectivity index (χ1v) is 2.86. The molecule has 60 valence electrons. The van der Waals surface area contributed by atoms with Crippen LogP contribution in [0.3, 0.4) is 0 Å². The molecule has 0 aromatic carbocycles. The zero-order valence-electron chi connectivity index (χ0n) is 6.00. The molecule has 0 aromatic heterocycles. The predicted octanol–water partition coefficient (Wildman–Crippen LogP) is -1.63. The fourth-order valence-corrected chi connectivity index (χ4v) is 0.388. The molecule has 0 rings (SSSR count). The maximum absolute atomic E-state index is 10.7. The van der Waals surface area contributed by atoms with Crippen LogP contribution < -0.4 is 11.2 Å². The Bertz CT molecular complexity index is 115. The van der Waals surface area contributed by atoms with E-state index in [4.69, 9.17) is 10.8 Å². The molecule has 0 spiro atoms. The molecule has 0 heterocycles. The minimum atomic E-state index is -0.931. The van der Waals surface area contributed by atoms with E-state index in [1.54, 1.807) is 0 Å². The zero-order valence-corrected chi connectivity index (χ0v) is 6.00. The number of hydrogen-bond acceptors (Lipinski definition) is 4. The van der Waals surface area contributed by atoms with Crippen LogP contribution in [-0.2, 0) is 9.63 Å². The number of aliphatic hydroxyl groups excluding tert-OH is 1. The molecule has 5 heteroatoms. The SMILES string of the molecule is CONC(=O)[C@@H](N)[C@H](C)O. The second kappa shape index (κ2) is 4.21. The molecule has 0 saturated heterocycles. The van der Waals surface area contributed by atoms with E-state index in [1.165, 1.54) is 14.0 Å². The summed E-state index contributed by atoms with van der Waals surface area (Å²) in [5.41, 5.74) is 7.21.